The zero-order valence-corrected chi connectivity index (χ0v) is 13.3. The Morgan fingerprint density at radius 3 is 2.43 bits per heavy atom. The highest BCUT2D eigenvalue weighted by Gasteiger charge is 2.24. The molecule has 0 saturated carbocycles. The number of hydrogen-bond acceptors (Lipinski definition) is 3. The summed E-state index contributed by atoms with van der Waals surface area (Å²) in [6.07, 6.45) is 2.99. The second kappa shape index (κ2) is 6.91. The Hall–Kier alpha value is -1.59. The SMILES string of the molecule is CCCCN(c1ccccc1)S(=O)(=O)c1ccc(Cl)nc1. The van der Waals surface area contributed by atoms with E-state index in [9.17, 15) is 8.42 Å². The van der Waals surface area contributed by atoms with Crippen molar-refractivity contribution < 1.29 is 8.42 Å². The number of anilines is 1. The molecule has 1 aromatic heterocycles. The fourth-order valence-electron chi connectivity index (χ4n) is 1.93. The average molecular weight is 325 g/mol. The minimum absolute atomic E-state index is 0.145. The van der Waals surface area contributed by atoms with Gasteiger partial charge in [0.15, 0.2) is 0 Å². The van der Waals surface area contributed by atoms with E-state index in [1.165, 1.54) is 22.6 Å². The summed E-state index contributed by atoms with van der Waals surface area (Å²) in [5.74, 6) is 0. The molecule has 1 aromatic carbocycles. The number of rotatable bonds is 6. The molecule has 0 saturated heterocycles. The van der Waals surface area contributed by atoms with Crippen LogP contribution in [0.2, 0.25) is 5.15 Å². The lowest BCUT2D eigenvalue weighted by atomic mass is 10.3. The van der Waals surface area contributed by atoms with Gasteiger partial charge in [-0.25, -0.2) is 13.4 Å². The summed E-state index contributed by atoms with van der Waals surface area (Å²) in [6, 6.07) is 12.0. The first-order valence-corrected chi connectivity index (χ1v) is 8.57. The number of aromatic nitrogens is 1. The second-order valence-electron chi connectivity index (χ2n) is 4.58. The highest BCUT2D eigenvalue weighted by molar-refractivity contribution is 7.92. The van der Waals surface area contributed by atoms with Gasteiger partial charge in [0.2, 0.25) is 0 Å². The molecule has 6 heteroatoms. The third-order valence-corrected chi connectivity index (χ3v) is 5.08. The maximum absolute atomic E-state index is 12.8. The molecule has 1 heterocycles. The molecule has 0 aliphatic heterocycles. The van der Waals surface area contributed by atoms with E-state index in [-0.39, 0.29) is 10.0 Å². The van der Waals surface area contributed by atoms with E-state index in [4.69, 9.17) is 11.6 Å². The molecule has 0 amide bonds. The summed E-state index contributed by atoms with van der Waals surface area (Å²) in [5, 5.41) is 0.272. The van der Waals surface area contributed by atoms with Crippen LogP contribution in [0.15, 0.2) is 53.6 Å². The van der Waals surface area contributed by atoms with Crippen molar-refractivity contribution in [1.82, 2.24) is 4.98 Å². The van der Waals surface area contributed by atoms with Crippen LogP contribution in [0, 0.1) is 0 Å². The number of para-hydroxylation sites is 1. The third-order valence-electron chi connectivity index (χ3n) is 3.05. The Morgan fingerprint density at radius 1 is 1.14 bits per heavy atom. The van der Waals surface area contributed by atoms with Crippen molar-refractivity contribution in [2.24, 2.45) is 0 Å². The summed E-state index contributed by atoms with van der Waals surface area (Å²) in [4.78, 5) is 4.01. The number of sulfonamides is 1. The van der Waals surface area contributed by atoms with Crippen LogP contribution in [0.5, 0.6) is 0 Å². The van der Waals surface area contributed by atoms with E-state index < -0.39 is 10.0 Å². The monoisotopic (exact) mass is 324 g/mol. The Balaban J connectivity index is 2.42. The van der Waals surface area contributed by atoms with Crippen LogP contribution < -0.4 is 4.31 Å². The lowest BCUT2D eigenvalue weighted by Gasteiger charge is -2.24. The topological polar surface area (TPSA) is 50.3 Å². The van der Waals surface area contributed by atoms with Gasteiger partial charge >= 0.3 is 0 Å². The molecule has 0 aliphatic rings. The van der Waals surface area contributed by atoms with Crippen molar-refractivity contribution >= 4 is 27.3 Å². The smallest absolute Gasteiger partial charge is 0.265 e. The van der Waals surface area contributed by atoms with E-state index in [0.29, 0.717) is 12.2 Å². The molecule has 21 heavy (non-hydrogen) atoms. The van der Waals surface area contributed by atoms with Crippen LogP contribution in [0.1, 0.15) is 19.8 Å². The molecule has 0 bridgehead atoms. The lowest BCUT2D eigenvalue weighted by molar-refractivity contribution is 0.588. The van der Waals surface area contributed by atoms with E-state index in [2.05, 4.69) is 4.98 Å². The molecule has 2 rings (SSSR count). The Morgan fingerprint density at radius 2 is 1.86 bits per heavy atom. The lowest BCUT2D eigenvalue weighted by Crippen LogP contribution is -2.32. The van der Waals surface area contributed by atoms with Gasteiger partial charge in [0.05, 0.1) is 5.69 Å². The minimum atomic E-state index is -3.63. The summed E-state index contributed by atoms with van der Waals surface area (Å²) in [7, 11) is -3.63. The number of unbranched alkanes of at least 4 members (excludes halogenated alkanes) is 1. The van der Waals surface area contributed by atoms with E-state index in [1.807, 2.05) is 25.1 Å². The van der Waals surface area contributed by atoms with Crippen molar-refractivity contribution in [2.75, 3.05) is 10.8 Å². The molecule has 112 valence electrons. The molecular weight excluding hydrogens is 308 g/mol. The van der Waals surface area contributed by atoms with Gasteiger partial charge in [0, 0.05) is 12.7 Å². The highest BCUT2D eigenvalue weighted by atomic mass is 35.5. The van der Waals surface area contributed by atoms with Crippen LogP contribution in [0.3, 0.4) is 0 Å². The maximum atomic E-state index is 12.8. The summed E-state index contributed by atoms with van der Waals surface area (Å²) >= 11 is 5.72. The van der Waals surface area contributed by atoms with Gasteiger partial charge in [0.25, 0.3) is 10.0 Å². The first-order valence-electron chi connectivity index (χ1n) is 6.75. The molecule has 0 N–H and O–H groups in total. The van der Waals surface area contributed by atoms with Gasteiger partial charge in [-0.1, -0.05) is 43.1 Å². The van der Waals surface area contributed by atoms with E-state index in [1.54, 1.807) is 12.1 Å². The molecular formula is C15H17ClN2O2S. The van der Waals surface area contributed by atoms with Gasteiger partial charge in [-0.05, 0) is 30.7 Å². The molecule has 0 fully saturated rings. The standard InChI is InChI=1S/C15H17ClN2O2S/c1-2-3-11-18(13-7-5-4-6-8-13)21(19,20)14-9-10-15(16)17-12-14/h4-10,12H,2-3,11H2,1H3. The predicted molar refractivity (Wildman–Crippen MR) is 85.1 cm³/mol. The molecule has 2 aromatic rings. The average Bonchev–Trinajstić information content (AvgIpc) is 2.49. The number of pyridine rings is 1. The quantitative estimate of drug-likeness (QED) is 0.761. The Kier molecular flexibility index (Phi) is 5.20. The van der Waals surface area contributed by atoms with E-state index >= 15 is 0 Å². The van der Waals surface area contributed by atoms with Crippen molar-refractivity contribution in [2.45, 2.75) is 24.7 Å². The number of halogens is 1. The summed E-state index contributed by atoms with van der Waals surface area (Å²) in [6.45, 7) is 2.46. The zero-order valence-electron chi connectivity index (χ0n) is 11.7. The molecule has 0 unspecified atom stereocenters. The largest absolute Gasteiger partial charge is 0.266 e. The first kappa shape index (κ1) is 15.8. The fraction of sp³-hybridized carbons (Fsp3) is 0.267. The summed E-state index contributed by atoms with van der Waals surface area (Å²) < 4.78 is 27.0. The fourth-order valence-corrected chi connectivity index (χ4v) is 3.49. The number of hydrogen-bond donors (Lipinski definition) is 0. The Bertz CT molecular complexity index is 673. The Labute approximate surface area is 130 Å². The van der Waals surface area contributed by atoms with Gasteiger partial charge in [-0.2, -0.15) is 0 Å². The highest BCUT2D eigenvalue weighted by Crippen LogP contribution is 2.24. The van der Waals surface area contributed by atoms with Gasteiger partial charge in [-0.15, -0.1) is 0 Å². The zero-order chi connectivity index (χ0) is 15.3. The van der Waals surface area contributed by atoms with Crippen molar-refractivity contribution in [3.05, 3.63) is 53.8 Å². The molecule has 4 nitrogen and oxygen atoms in total. The second-order valence-corrected chi connectivity index (χ2v) is 6.83. The third kappa shape index (κ3) is 3.74. The van der Waals surface area contributed by atoms with Crippen LogP contribution in [0.25, 0.3) is 0 Å². The van der Waals surface area contributed by atoms with Gasteiger partial charge < -0.3 is 0 Å². The van der Waals surface area contributed by atoms with Gasteiger partial charge in [-0.3, -0.25) is 4.31 Å². The molecule has 0 radical (unpaired) electrons. The number of benzene rings is 1. The normalized spacial score (nSPS) is 11.3. The van der Waals surface area contributed by atoms with Crippen LogP contribution in [-0.4, -0.2) is 19.9 Å². The molecule has 0 atom stereocenters. The van der Waals surface area contributed by atoms with Crippen molar-refractivity contribution in [3.63, 3.8) is 0 Å². The summed E-state index contributed by atoms with van der Waals surface area (Å²) in [5.41, 5.74) is 0.654. The van der Waals surface area contributed by atoms with Crippen molar-refractivity contribution in [3.8, 4) is 0 Å². The van der Waals surface area contributed by atoms with Gasteiger partial charge in [0.1, 0.15) is 10.0 Å². The first-order chi connectivity index (χ1) is 10.1. The van der Waals surface area contributed by atoms with Crippen molar-refractivity contribution in [1.29, 1.82) is 0 Å². The van der Waals surface area contributed by atoms with Crippen LogP contribution in [0.4, 0.5) is 5.69 Å². The number of nitrogens with zero attached hydrogens (tertiary/aromatic N) is 2. The molecule has 0 spiro atoms. The maximum Gasteiger partial charge on any atom is 0.265 e. The molecule has 0 aliphatic carbocycles. The minimum Gasteiger partial charge on any atom is -0.266 e. The predicted octanol–water partition coefficient (Wildman–Crippen LogP) is 3.73. The van der Waals surface area contributed by atoms with Crippen LogP contribution in [-0.2, 0) is 10.0 Å². The van der Waals surface area contributed by atoms with Crippen LogP contribution >= 0.6 is 11.6 Å². The van der Waals surface area contributed by atoms with E-state index in [0.717, 1.165) is 12.8 Å².